The van der Waals surface area contributed by atoms with Crippen LogP contribution in [0.15, 0.2) is 49.1 Å². The van der Waals surface area contributed by atoms with Crippen molar-refractivity contribution >= 4 is 11.6 Å². The van der Waals surface area contributed by atoms with Gasteiger partial charge in [-0.2, -0.15) is 0 Å². The molecule has 2 aromatic heterocycles. The summed E-state index contributed by atoms with van der Waals surface area (Å²) in [4.78, 5) is 20.2. The summed E-state index contributed by atoms with van der Waals surface area (Å²) in [7, 11) is 0. The zero-order valence-corrected chi connectivity index (χ0v) is 10.8. The molecule has 0 aliphatic carbocycles. The third-order valence-corrected chi connectivity index (χ3v) is 3.24. The standard InChI is InChI=1S/C14H15N5O/c20-14(17-11-4-2-6-16-9-11)13-7-12(18-19-13)10-3-1-5-15-8-10/h1-6,8-9,12-13,18-19H,7H2,(H,17,20). The van der Waals surface area contributed by atoms with Gasteiger partial charge in [0.05, 0.1) is 11.9 Å². The molecule has 0 aromatic carbocycles. The Hall–Kier alpha value is -2.31. The van der Waals surface area contributed by atoms with Gasteiger partial charge in [0.2, 0.25) is 5.91 Å². The molecule has 1 aliphatic rings. The number of anilines is 1. The lowest BCUT2D eigenvalue weighted by atomic mass is 10.0. The molecule has 20 heavy (non-hydrogen) atoms. The van der Waals surface area contributed by atoms with Gasteiger partial charge in [-0.15, -0.1) is 0 Å². The zero-order valence-electron chi connectivity index (χ0n) is 10.8. The van der Waals surface area contributed by atoms with Crippen LogP contribution in [0.1, 0.15) is 18.0 Å². The number of hydrogen-bond donors (Lipinski definition) is 3. The molecule has 1 fully saturated rings. The van der Waals surface area contributed by atoms with Crippen LogP contribution in [0.5, 0.6) is 0 Å². The second-order valence-electron chi connectivity index (χ2n) is 4.65. The predicted octanol–water partition coefficient (Wildman–Crippen LogP) is 1.02. The number of pyridine rings is 2. The van der Waals surface area contributed by atoms with Crippen LogP contribution in [-0.2, 0) is 4.79 Å². The molecule has 2 atom stereocenters. The van der Waals surface area contributed by atoms with Crippen molar-refractivity contribution in [2.45, 2.75) is 18.5 Å². The first kappa shape index (κ1) is 12.7. The summed E-state index contributed by atoms with van der Waals surface area (Å²) in [5.41, 5.74) is 7.90. The lowest BCUT2D eigenvalue weighted by Gasteiger charge is -2.10. The third-order valence-electron chi connectivity index (χ3n) is 3.24. The van der Waals surface area contributed by atoms with Gasteiger partial charge in [0.1, 0.15) is 6.04 Å². The van der Waals surface area contributed by atoms with Crippen molar-refractivity contribution in [3.63, 3.8) is 0 Å². The fraction of sp³-hybridized carbons (Fsp3) is 0.214. The summed E-state index contributed by atoms with van der Waals surface area (Å²) in [5.74, 6) is -0.0723. The molecule has 2 aromatic rings. The maximum absolute atomic E-state index is 12.1. The second-order valence-corrected chi connectivity index (χ2v) is 4.65. The van der Waals surface area contributed by atoms with E-state index in [-0.39, 0.29) is 18.0 Å². The maximum Gasteiger partial charge on any atom is 0.242 e. The number of hydrazine groups is 1. The molecule has 6 nitrogen and oxygen atoms in total. The molecule has 0 spiro atoms. The summed E-state index contributed by atoms with van der Waals surface area (Å²) >= 11 is 0. The van der Waals surface area contributed by atoms with Crippen LogP contribution in [0.4, 0.5) is 5.69 Å². The Balaban J connectivity index is 1.61. The van der Waals surface area contributed by atoms with Crippen LogP contribution in [0, 0.1) is 0 Å². The highest BCUT2D eigenvalue weighted by Gasteiger charge is 2.30. The van der Waals surface area contributed by atoms with E-state index in [1.165, 1.54) is 0 Å². The molecule has 3 rings (SSSR count). The van der Waals surface area contributed by atoms with Crippen LogP contribution in [0.25, 0.3) is 0 Å². The van der Waals surface area contributed by atoms with Crippen LogP contribution >= 0.6 is 0 Å². The molecule has 1 aliphatic heterocycles. The van der Waals surface area contributed by atoms with E-state index >= 15 is 0 Å². The van der Waals surface area contributed by atoms with Crippen LogP contribution < -0.4 is 16.2 Å². The maximum atomic E-state index is 12.1. The van der Waals surface area contributed by atoms with E-state index in [2.05, 4.69) is 26.1 Å². The van der Waals surface area contributed by atoms with E-state index in [0.717, 1.165) is 5.56 Å². The number of rotatable bonds is 3. The molecule has 102 valence electrons. The van der Waals surface area contributed by atoms with Gasteiger partial charge in [0.15, 0.2) is 0 Å². The number of amides is 1. The number of carbonyl (C=O) groups excluding carboxylic acids is 1. The average molecular weight is 269 g/mol. The largest absolute Gasteiger partial charge is 0.323 e. The normalized spacial score (nSPS) is 21.6. The number of carbonyl (C=O) groups is 1. The first-order valence-electron chi connectivity index (χ1n) is 6.45. The van der Waals surface area contributed by atoms with Gasteiger partial charge in [0.25, 0.3) is 0 Å². The molecular weight excluding hydrogens is 254 g/mol. The molecule has 0 radical (unpaired) electrons. The molecule has 3 heterocycles. The fourth-order valence-electron chi connectivity index (χ4n) is 2.19. The third kappa shape index (κ3) is 2.81. The van der Waals surface area contributed by atoms with E-state index < -0.39 is 0 Å². The van der Waals surface area contributed by atoms with Gasteiger partial charge in [-0.3, -0.25) is 14.8 Å². The van der Waals surface area contributed by atoms with Crippen molar-refractivity contribution < 1.29 is 4.79 Å². The lowest BCUT2D eigenvalue weighted by molar-refractivity contribution is -0.117. The number of aromatic nitrogens is 2. The molecule has 0 saturated carbocycles. The minimum atomic E-state index is -0.277. The molecule has 1 amide bonds. The van der Waals surface area contributed by atoms with E-state index in [0.29, 0.717) is 12.1 Å². The minimum absolute atomic E-state index is 0.0723. The second kappa shape index (κ2) is 5.77. The summed E-state index contributed by atoms with van der Waals surface area (Å²) in [5, 5.41) is 2.84. The van der Waals surface area contributed by atoms with Crippen LogP contribution in [0.2, 0.25) is 0 Å². The molecular formula is C14H15N5O. The molecule has 3 N–H and O–H groups in total. The average Bonchev–Trinajstić information content (AvgIpc) is 2.99. The van der Waals surface area contributed by atoms with Gasteiger partial charge in [-0.1, -0.05) is 6.07 Å². The Labute approximate surface area is 116 Å². The van der Waals surface area contributed by atoms with Gasteiger partial charge in [-0.05, 0) is 30.2 Å². The first-order valence-corrected chi connectivity index (χ1v) is 6.45. The van der Waals surface area contributed by atoms with E-state index in [9.17, 15) is 4.79 Å². The van der Waals surface area contributed by atoms with Gasteiger partial charge in [-0.25, -0.2) is 10.9 Å². The predicted molar refractivity (Wildman–Crippen MR) is 74.5 cm³/mol. The quantitative estimate of drug-likeness (QED) is 0.775. The first-order chi connectivity index (χ1) is 9.83. The summed E-state index contributed by atoms with van der Waals surface area (Å²) in [6, 6.07) is 7.29. The van der Waals surface area contributed by atoms with Crippen molar-refractivity contribution in [2.24, 2.45) is 0 Å². The summed E-state index contributed by atoms with van der Waals surface area (Å²) in [6.07, 6.45) is 7.51. The number of nitrogens with one attached hydrogen (secondary N) is 3. The van der Waals surface area contributed by atoms with E-state index in [4.69, 9.17) is 0 Å². The van der Waals surface area contributed by atoms with Crippen molar-refractivity contribution in [1.29, 1.82) is 0 Å². The highest BCUT2D eigenvalue weighted by molar-refractivity contribution is 5.94. The highest BCUT2D eigenvalue weighted by atomic mass is 16.2. The minimum Gasteiger partial charge on any atom is -0.323 e. The summed E-state index contributed by atoms with van der Waals surface area (Å²) in [6.45, 7) is 0. The Kier molecular flexibility index (Phi) is 3.67. The van der Waals surface area contributed by atoms with Gasteiger partial charge < -0.3 is 5.32 Å². The fourth-order valence-corrected chi connectivity index (χ4v) is 2.19. The SMILES string of the molecule is O=C(Nc1cccnc1)C1CC(c2cccnc2)NN1. The van der Waals surface area contributed by atoms with Crippen molar-refractivity contribution in [2.75, 3.05) is 5.32 Å². The molecule has 6 heteroatoms. The Bertz CT molecular complexity index is 575. The van der Waals surface area contributed by atoms with Crippen LogP contribution in [0.3, 0.4) is 0 Å². The van der Waals surface area contributed by atoms with Crippen molar-refractivity contribution in [3.05, 3.63) is 54.6 Å². The van der Waals surface area contributed by atoms with Gasteiger partial charge in [0, 0.05) is 24.6 Å². The Morgan fingerprint density at radius 3 is 2.65 bits per heavy atom. The Morgan fingerprint density at radius 2 is 1.95 bits per heavy atom. The lowest BCUT2D eigenvalue weighted by Crippen LogP contribution is -2.39. The van der Waals surface area contributed by atoms with Gasteiger partial charge >= 0.3 is 0 Å². The molecule has 2 unspecified atom stereocenters. The Morgan fingerprint density at radius 1 is 1.15 bits per heavy atom. The zero-order chi connectivity index (χ0) is 13.8. The monoisotopic (exact) mass is 269 g/mol. The smallest absolute Gasteiger partial charge is 0.242 e. The molecule has 0 bridgehead atoms. The number of nitrogens with zero attached hydrogens (tertiary/aromatic N) is 2. The molecule has 1 saturated heterocycles. The van der Waals surface area contributed by atoms with Crippen molar-refractivity contribution in [3.8, 4) is 0 Å². The van der Waals surface area contributed by atoms with Crippen molar-refractivity contribution in [1.82, 2.24) is 20.8 Å². The number of hydrogen-bond acceptors (Lipinski definition) is 5. The van der Waals surface area contributed by atoms with Crippen LogP contribution in [-0.4, -0.2) is 21.9 Å². The highest BCUT2D eigenvalue weighted by Crippen LogP contribution is 2.21. The van der Waals surface area contributed by atoms with E-state index in [1.807, 2.05) is 18.2 Å². The topological polar surface area (TPSA) is 78.9 Å². The van der Waals surface area contributed by atoms with E-state index in [1.54, 1.807) is 30.9 Å². The summed E-state index contributed by atoms with van der Waals surface area (Å²) < 4.78 is 0.